The molecule has 0 unspecified atom stereocenters. The second-order valence-electron chi connectivity index (χ2n) is 10.8. The summed E-state index contributed by atoms with van der Waals surface area (Å²) in [5.74, 6) is -0.774. The van der Waals surface area contributed by atoms with Gasteiger partial charge in [-0.25, -0.2) is 0 Å². The lowest BCUT2D eigenvalue weighted by molar-refractivity contribution is -0.143. The predicted octanol–water partition coefficient (Wildman–Crippen LogP) is 6.33. The average Bonchev–Trinajstić information content (AvgIpc) is 3.43. The second kappa shape index (κ2) is 13.3. The molecule has 13 heteroatoms. The molecule has 1 atom stereocenters. The maximum absolute atomic E-state index is 13.7. The summed E-state index contributed by atoms with van der Waals surface area (Å²) < 4.78 is 82.2. The van der Waals surface area contributed by atoms with E-state index in [1.807, 2.05) is 17.5 Å². The third-order valence-corrected chi connectivity index (χ3v) is 9.00. The average molecular weight is 626 g/mol. The predicted molar refractivity (Wildman–Crippen MR) is 147 cm³/mol. The number of alkyl halides is 6. The lowest BCUT2D eigenvalue weighted by Gasteiger charge is -2.42. The van der Waals surface area contributed by atoms with Gasteiger partial charge in [0, 0.05) is 30.9 Å². The zero-order valence-corrected chi connectivity index (χ0v) is 24.0. The number of hydrogen-bond donors (Lipinski definition) is 2. The van der Waals surface area contributed by atoms with E-state index >= 15 is 0 Å². The van der Waals surface area contributed by atoms with Crippen LogP contribution in [0.25, 0.3) is 0 Å². The highest BCUT2D eigenvalue weighted by Gasteiger charge is 2.47. The number of hydrogen-bond acceptors (Lipinski definition) is 4. The third-order valence-electron chi connectivity index (χ3n) is 8.10. The fraction of sp³-hybridized carbons (Fsp3) is 0.571. The molecular weight excluding hydrogens is 592 g/mol. The molecule has 2 aromatic rings. The van der Waals surface area contributed by atoms with Crippen LogP contribution in [0.5, 0.6) is 0 Å². The van der Waals surface area contributed by atoms with Crippen molar-refractivity contribution in [1.29, 1.82) is 0 Å². The molecule has 41 heavy (non-hydrogen) atoms. The van der Waals surface area contributed by atoms with Crippen LogP contribution in [0, 0.1) is 5.92 Å². The molecule has 1 saturated heterocycles. The Hall–Kier alpha value is -2.31. The van der Waals surface area contributed by atoms with Crippen molar-refractivity contribution in [1.82, 2.24) is 10.2 Å². The highest BCUT2D eigenvalue weighted by Crippen LogP contribution is 2.43. The van der Waals surface area contributed by atoms with Crippen molar-refractivity contribution in [3.8, 4) is 0 Å². The fourth-order valence-corrected chi connectivity index (χ4v) is 6.52. The molecule has 228 valence electrons. The number of carbonyl (C=O) groups excluding carboxylic acids is 2. The first-order valence-corrected chi connectivity index (χ1v) is 14.3. The molecule has 1 aliphatic heterocycles. The van der Waals surface area contributed by atoms with Gasteiger partial charge < -0.3 is 16.0 Å². The van der Waals surface area contributed by atoms with Crippen molar-refractivity contribution < 1.29 is 35.9 Å². The van der Waals surface area contributed by atoms with Crippen molar-refractivity contribution in [3.05, 3.63) is 57.3 Å². The molecule has 1 saturated carbocycles. The lowest BCUT2D eigenvalue weighted by Crippen LogP contribution is -2.55. The highest BCUT2D eigenvalue weighted by molar-refractivity contribution is 7.09. The zero-order valence-electron chi connectivity index (χ0n) is 22.3. The molecule has 2 amide bonds. The van der Waals surface area contributed by atoms with E-state index in [2.05, 4.69) is 5.32 Å². The van der Waals surface area contributed by atoms with Crippen molar-refractivity contribution in [3.63, 3.8) is 0 Å². The summed E-state index contributed by atoms with van der Waals surface area (Å²) >= 11 is 1.45. The Morgan fingerprint density at radius 3 is 2.10 bits per heavy atom. The zero-order chi connectivity index (χ0) is 29.1. The van der Waals surface area contributed by atoms with Gasteiger partial charge in [-0.15, -0.1) is 23.7 Å². The smallest absolute Gasteiger partial charge is 0.355 e. The van der Waals surface area contributed by atoms with Crippen LogP contribution in [0.3, 0.4) is 0 Å². The van der Waals surface area contributed by atoms with Crippen molar-refractivity contribution in [2.24, 2.45) is 11.7 Å². The number of rotatable bonds is 7. The molecule has 0 spiro atoms. The number of nitrogens with two attached hydrogens (primary N) is 1. The molecule has 1 aliphatic carbocycles. The number of piperidine rings is 1. The van der Waals surface area contributed by atoms with E-state index in [0.29, 0.717) is 25.1 Å². The molecule has 2 heterocycles. The molecule has 5 nitrogen and oxygen atoms in total. The Morgan fingerprint density at radius 2 is 1.59 bits per heavy atom. The van der Waals surface area contributed by atoms with Gasteiger partial charge in [-0.05, 0) is 66.8 Å². The van der Waals surface area contributed by atoms with Gasteiger partial charge in [-0.2, -0.15) is 26.3 Å². The number of likely N-dealkylation sites (tertiary alicyclic amines) is 1. The Kier molecular flexibility index (Phi) is 10.8. The lowest BCUT2D eigenvalue weighted by atomic mass is 9.71. The van der Waals surface area contributed by atoms with Gasteiger partial charge >= 0.3 is 12.4 Å². The first-order chi connectivity index (χ1) is 18.8. The number of thiophene rings is 1. The Morgan fingerprint density at radius 1 is 1.00 bits per heavy atom. The summed E-state index contributed by atoms with van der Waals surface area (Å²) in [4.78, 5) is 29.1. The number of carbonyl (C=O) groups is 2. The molecule has 1 aromatic carbocycles. The molecule has 3 N–H and O–H groups in total. The molecule has 1 aromatic heterocycles. The summed E-state index contributed by atoms with van der Waals surface area (Å²) in [6.45, 7) is 0.261. The van der Waals surface area contributed by atoms with E-state index in [1.54, 1.807) is 0 Å². The molecular formula is C28H34ClF6N3O2S. The summed E-state index contributed by atoms with van der Waals surface area (Å²) in [6, 6.07) is 4.20. The van der Waals surface area contributed by atoms with Crippen LogP contribution in [0.2, 0.25) is 0 Å². The quantitative estimate of drug-likeness (QED) is 0.353. The van der Waals surface area contributed by atoms with Gasteiger partial charge in [0.2, 0.25) is 11.8 Å². The molecule has 2 fully saturated rings. The molecule has 0 bridgehead atoms. The van der Waals surface area contributed by atoms with Crippen LogP contribution in [-0.4, -0.2) is 42.4 Å². The van der Waals surface area contributed by atoms with Crippen LogP contribution < -0.4 is 11.1 Å². The fourth-order valence-electron chi connectivity index (χ4n) is 5.75. The van der Waals surface area contributed by atoms with E-state index in [4.69, 9.17) is 5.73 Å². The SMILES string of the molecule is Cl.N[C@@H](Cc1cccs1)C(=O)N1CCC(C(=O)NCC2CCCCC2)(c2cc(C(F)(F)F)cc(C(F)(F)F)c2)CC1. The summed E-state index contributed by atoms with van der Waals surface area (Å²) in [5.41, 5.74) is 1.20. The van der Waals surface area contributed by atoms with Gasteiger partial charge in [0.25, 0.3) is 0 Å². The molecule has 2 aliphatic rings. The normalized spacial score (nSPS) is 18.9. The standard InChI is InChI=1S/C28H33F6N3O2S.ClH/c29-27(30,31)20-13-19(14-21(15-20)28(32,33)34)26(25(39)36-17-18-5-2-1-3-6-18)8-10-37(11-9-26)24(38)23(35)16-22-7-4-12-40-22;/h4,7,12-15,18,23H,1-3,5-6,8-11,16-17,35H2,(H,36,39);1H/t23-;/m0./s1. The number of halogens is 7. The topological polar surface area (TPSA) is 75.4 Å². The first-order valence-electron chi connectivity index (χ1n) is 13.4. The van der Waals surface area contributed by atoms with Crippen LogP contribution in [0.15, 0.2) is 35.7 Å². The summed E-state index contributed by atoms with van der Waals surface area (Å²) in [6.07, 6.45) is -5.10. The van der Waals surface area contributed by atoms with Crippen molar-refractivity contribution >= 4 is 35.6 Å². The van der Waals surface area contributed by atoms with E-state index in [-0.39, 0.29) is 61.8 Å². The van der Waals surface area contributed by atoms with Gasteiger partial charge in [-0.3, -0.25) is 9.59 Å². The minimum atomic E-state index is -5.04. The van der Waals surface area contributed by atoms with Gasteiger partial charge in [0.1, 0.15) is 0 Å². The maximum atomic E-state index is 13.7. The van der Waals surface area contributed by atoms with E-state index in [1.165, 1.54) is 16.2 Å². The molecule has 0 radical (unpaired) electrons. The Labute approximate surface area is 245 Å². The highest BCUT2D eigenvalue weighted by atomic mass is 35.5. The largest absolute Gasteiger partial charge is 0.416 e. The Balaban J connectivity index is 0.00000462. The molecule has 4 rings (SSSR count). The van der Waals surface area contributed by atoms with E-state index < -0.39 is 40.8 Å². The minimum Gasteiger partial charge on any atom is -0.355 e. The number of nitrogens with zero attached hydrogens (tertiary/aromatic N) is 1. The maximum Gasteiger partial charge on any atom is 0.416 e. The van der Waals surface area contributed by atoms with Crippen LogP contribution in [0.1, 0.15) is 66.5 Å². The van der Waals surface area contributed by atoms with Gasteiger partial charge in [-0.1, -0.05) is 25.3 Å². The number of benzene rings is 1. The third kappa shape index (κ3) is 7.95. The second-order valence-corrected chi connectivity index (χ2v) is 11.8. The van der Waals surface area contributed by atoms with Crippen LogP contribution >= 0.6 is 23.7 Å². The van der Waals surface area contributed by atoms with Crippen LogP contribution in [0.4, 0.5) is 26.3 Å². The van der Waals surface area contributed by atoms with Gasteiger partial charge in [0.15, 0.2) is 0 Å². The number of amides is 2. The summed E-state index contributed by atoms with van der Waals surface area (Å²) in [5, 5.41) is 4.71. The number of nitrogens with one attached hydrogen (secondary N) is 1. The first kappa shape index (κ1) is 33.2. The summed E-state index contributed by atoms with van der Waals surface area (Å²) in [7, 11) is 0. The van der Waals surface area contributed by atoms with Crippen molar-refractivity contribution in [2.75, 3.05) is 19.6 Å². The van der Waals surface area contributed by atoms with Gasteiger partial charge in [0.05, 0.1) is 22.6 Å². The van der Waals surface area contributed by atoms with E-state index in [0.717, 1.165) is 37.0 Å². The van der Waals surface area contributed by atoms with E-state index in [9.17, 15) is 35.9 Å². The monoisotopic (exact) mass is 625 g/mol. The van der Waals surface area contributed by atoms with Crippen molar-refractivity contribution in [2.45, 2.75) is 75.2 Å². The van der Waals surface area contributed by atoms with Crippen LogP contribution in [-0.2, 0) is 33.8 Å². The Bertz CT molecular complexity index is 1140. The minimum absolute atomic E-state index is 0.